The third-order valence-electron chi connectivity index (χ3n) is 2.47. The van der Waals surface area contributed by atoms with E-state index in [2.05, 4.69) is 15.9 Å². The van der Waals surface area contributed by atoms with E-state index >= 15 is 0 Å². The number of nitrogens with zero attached hydrogens (tertiary/aromatic N) is 1. The minimum absolute atomic E-state index is 0.185. The zero-order valence-corrected chi connectivity index (χ0v) is 10.9. The van der Waals surface area contributed by atoms with E-state index in [1.54, 1.807) is 6.92 Å². The zero-order valence-electron chi connectivity index (χ0n) is 9.31. The van der Waals surface area contributed by atoms with E-state index in [4.69, 9.17) is 0 Å². The van der Waals surface area contributed by atoms with Crippen LogP contribution in [0.15, 0.2) is 12.1 Å². The van der Waals surface area contributed by atoms with Crippen LogP contribution in [0.1, 0.15) is 17.3 Å². The fraction of sp³-hybridized carbons (Fsp3) is 0.364. The van der Waals surface area contributed by atoms with Crippen LogP contribution in [0.2, 0.25) is 0 Å². The van der Waals surface area contributed by atoms with Crippen LogP contribution in [0.4, 0.5) is 13.2 Å². The number of hydrogen-bond acceptors (Lipinski definition) is 1. The number of amides is 1. The molecule has 1 aromatic rings. The van der Waals surface area contributed by atoms with Crippen molar-refractivity contribution >= 4 is 21.8 Å². The summed E-state index contributed by atoms with van der Waals surface area (Å²) in [6.45, 7) is 1.74. The van der Waals surface area contributed by atoms with E-state index in [9.17, 15) is 18.0 Å². The predicted molar refractivity (Wildman–Crippen MR) is 61.7 cm³/mol. The summed E-state index contributed by atoms with van der Waals surface area (Å²) in [5, 5.41) is 0.501. The molecule has 1 unspecified atom stereocenters. The van der Waals surface area contributed by atoms with Gasteiger partial charge in [0.15, 0.2) is 17.5 Å². The largest absolute Gasteiger partial charge is 0.338 e. The lowest BCUT2D eigenvalue weighted by atomic mass is 10.1. The Morgan fingerprint density at radius 1 is 1.35 bits per heavy atom. The van der Waals surface area contributed by atoms with Gasteiger partial charge in [-0.1, -0.05) is 15.9 Å². The van der Waals surface area contributed by atoms with Crippen LogP contribution in [0.3, 0.4) is 0 Å². The number of alkyl halides is 1. The minimum atomic E-state index is -1.63. The third kappa shape index (κ3) is 2.80. The number of rotatable bonds is 3. The Kier molecular flexibility index (Phi) is 4.56. The number of carbonyl (C=O) groups is 1. The molecule has 6 heteroatoms. The van der Waals surface area contributed by atoms with Gasteiger partial charge in [0.25, 0.3) is 5.91 Å². The van der Waals surface area contributed by atoms with Crippen molar-refractivity contribution < 1.29 is 18.0 Å². The highest BCUT2D eigenvalue weighted by Gasteiger charge is 2.23. The molecule has 1 amide bonds. The first-order valence-corrected chi connectivity index (χ1v) is 5.99. The maximum atomic E-state index is 13.4. The zero-order chi connectivity index (χ0) is 13.2. The quantitative estimate of drug-likeness (QED) is 0.621. The molecule has 0 aliphatic heterocycles. The lowest BCUT2D eigenvalue weighted by molar-refractivity contribution is 0.0752. The Morgan fingerprint density at radius 2 is 1.94 bits per heavy atom. The SMILES string of the molecule is CC(CBr)N(C)C(=O)c1ccc(F)c(F)c1F. The van der Waals surface area contributed by atoms with Crippen molar-refractivity contribution in [2.75, 3.05) is 12.4 Å². The Labute approximate surface area is 106 Å². The van der Waals surface area contributed by atoms with Crippen LogP contribution in [0, 0.1) is 17.5 Å². The summed E-state index contributed by atoms with van der Waals surface area (Å²) in [7, 11) is 1.47. The van der Waals surface area contributed by atoms with E-state index in [1.165, 1.54) is 11.9 Å². The van der Waals surface area contributed by atoms with Gasteiger partial charge in [-0.05, 0) is 19.1 Å². The second-order valence-corrected chi connectivity index (χ2v) is 4.29. The Bertz CT molecular complexity index is 439. The van der Waals surface area contributed by atoms with Gasteiger partial charge >= 0.3 is 0 Å². The van der Waals surface area contributed by atoms with Crippen LogP contribution < -0.4 is 0 Å². The molecule has 1 rings (SSSR count). The normalized spacial score (nSPS) is 12.4. The summed E-state index contributed by atoms with van der Waals surface area (Å²) < 4.78 is 39.0. The van der Waals surface area contributed by atoms with E-state index in [0.717, 1.165) is 12.1 Å². The third-order valence-corrected chi connectivity index (χ3v) is 3.41. The molecule has 1 aromatic carbocycles. The van der Waals surface area contributed by atoms with Crippen LogP contribution >= 0.6 is 15.9 Å². The van der Waals surface area contributed by atoms with Gasteiger partial charge in [0.2, 0.25) is 0 Å². The predicted octanol–water partition coefficient (Wildman–Crippen LogP) is 2.96. The molecule has 0 bridgehead atoms. The number of halogens is 4. The van der Waals surface area contributed by atoms with Gasteiger partial charge in [0.05, 0.1) is 5.56 Å². The van der Waals surface area contributed by atoms with Crippen molar-refractivity contribution in [2.45, 2.75) is 13.0 Å². The smallest absolute Gasteiger partial charge is 0.256 e. The van der Waals surface area contributed by atoms with Crippen LogP contribution in [0.5, 0.6) is 0 Å². The van der Waals surface area contributed by atoms with Crippen molar-refractivity contribution in [1.82, 2.24) is 4.90 Å². The molecule has 0 saturated heterocycles. The molecule has 2 nitrogen and oxygen atoms in total. The lowest BCUT2D eigenvalue weighted by Crippen LogP contribution is -2.36. The molecule has 0 aliphatic carbocycles. The molecule has 17 heavy (non-hydrogen) atoms. The second kappa shape index (κ2) is 5.53. The number of benzene rings is 1. The highest BCUT2D eigenvalue weighted by atomic mass is 79.9. The monoisotopic (exact) mass is 309 g/mol. The molecule has 1 atom stereocenters. The molecule has 0 aromatic heterocycles. The van der Waals surface area contributed by atoms with Gasteiger partial charge in [-0.2, -0.15) is 0 Å². The molecule has 0 radical (unpaired) electrons. The Morgan fingerprint density at radius 3 is 2.47 bits per heavy atom. The molecule has 0 aliphatic rings. The summed E-state index contributed by atoms with van der Waals surface area (Å²) >= 11 is 3.18. The molecule has 0 heterocycles. The molecular weight excluding hydrogens is 299 g/mol. The molecule has 0 fully saturated rings. The van der Waals surface area contributed by atoms with Crippen LogP contribution in [0.25, 0.3) is 0 Å². The van der Waals surface area contributed by atoms with Gasteiger partial charge in [-0.25, -0.2) is 13.2 Å². The van der Waals surface area contributed by atoms with Crippen molar-refractivity contribution in [3.63, 3.8) is 0 Å². The topological polar surface area (TPSA) is 20.3 Å². The van der Waals surface area contributed by atoms with Crippen molar-refractivity contribution in [3.05, 3.63) is 35.1 Å². The summed E-state index contributed by atoms with van der Waals surface area (Å²) in [6.07, 6.45) is 0. The fourth-order valence-corrected chi connectivity index (χ4v) is 1.62. The molecule has 0 saturated carbocycles. The van der Waals surface area contributed by atoms with Gasteiger partial charge in [-0.3, -0.25) is 4.79 Å². The maximum absolute atomic E-state index is 13.4. The van der Waals surface area contributed by atoms with Gasteiger partial charge < -0.3 is 4.90 Å². The van der Waals surface area contributed by atoms with Crippen LogP contribution in [-0.2, 0) is 0 Å². The summed E-state index contributed by atoms with van der Waals surface area (Å²) in [6, 6.07) is 1.49. The van der Waals surface area contributed by atoms with Crippen molar-refractivity contribution in [1.29, 1.82) is 0 Å². The summed E-state index contributed by atoms with van der Waals surface area (Å²) in [5.41, 5.74) is -0.473. The minimum Gasteiger partial charge on any atom is -0.338 e. The Balaban J connectivity index is 3.09. The van der Waals surface area contributed by atoms with Gasteiger partial charge in [0.1, 0.15) is 0 Å². The van der Waals surface area contributed by atoms with E-state index < -0.39 is 28.9 Å². The lowest BCUT2D eigenvalue weighted by Gasteiger charge is -2.23. The molecular formula is C11H11BrF3NO. The maximum Gasteiger partial charge on any atom is 0.256 e. The summed E-state index contributed by atoms with van der Waals surface area (Å²) in [4.78, 5) is 13.1. The number of carbonyl (C=O) groups excluding carboxylic acids is 1. The van der Waals surface area contributed by atoms with E-state index in [0.29, 0.717) is 5.33 Å². The van der Waals surface area contributed by atoms with Crippen LogP contribution in [-0.4, -0.2) is 29.2 Å². The first-order chi connectivity index (χ1) is 7.90. The van der Waals surface area contributed by atoms with E-state index in [-0.39, 0.29) is 6.04 Å². The standard InChI is InChI=1S/C11H11BrF3NO/c1-6(5-12)16(2)11(17)7-3-4-8(13)10(15)9(7)14/h3-4,6H,5H2,1-2H3. The van der Waals surface area contributed by atoms with Crippen molar-refractivity contribution in [3.8, 4) is 0 Å². The highest BCUT2D eigenvalue weighted by Crippen LogP contribution is 2.17. The van der Waals surface area contributed by atoms with E-state index in [1.807, 2.05) is 0 Å². The Hall–Kier alpha value is -1.04. The molecule has 0 N–H and O–H groups in total. The first-order valence-electron chi connectivity index (χ1n) is 4.86. The second-order valence-electron chi connectivity index (χ2n) is 3.64. The average molecular weight is 310 g/mol. The van der Waals surface area contributed by atoms with Gasteiger partial charge in [0, 0.05) is 18.4 Å². The molecule has 94 valence electrons. The van der Waals surface area contributed by atoms with Gasteiger partial charge in [-0.15, -0.1) is 0 Å². The highest BCUT2D eigenvalue weighted by molar-refractivity contribution is 9.09. The first kappa shape index (κ1) is 14.0. The molecule has 0 spiro atoms. The van der Waals surface area contributed by atoms with Crippen molar-refractivity contribution in [2.24, 2.45) is 0 Å². The number of hydrogen-bond donors (Lipinski definition) is 0. The summed E-state index contributed by atoms with van der Waals surface area (Å²) in [5.74, 6) is -5.08. The average Bonchev–Trinajstić information content (AvgIpc) is 2.33. The fourth-order valence-electron chi connectivity index (χ4n) is 1.18.